The Kier molecular flexibility index (Phi) is 2.02. The van der Waals surface area contributed by atoms with Crippen LogP contribution in [0.15, 0.2) is 10.6 Å². The largest absolute Gasteiger partial charge is 0.439 e. The summed E-state index contributed by atoms with van der Waals surface area (Å²) in [6.45, 7) is 1.69. The Morgan fingerprint density at radius 1 is 1.91 bits per heavy atom. The standard InChI is InChI=1S/C7H6N2O2/c1-5-4-9-7(11-5)6(10)2-3-8/h4H,2H2,1H3. The summed E-state index contributed by atoms with van der Waals surface area (Å²) in [5, 5.41) is 8.16. The van der Waals surface area contributed by atoms with Gasteiger partial charge in [0.15, 0.2) is 0 Å². The number of rotatable bonds is 2. The maximum atomic E-state index is 10.9. The molecule has 0 amide bonds. The topological polar surface area (TPSA) is 66.9 Å². The lowest BCUT2D eigenvalue weighted by atomic mass is 10.3. The molecule has 0 aliphatic carbocycles. The van der Waals surface area contributed by atoms with Crippen LogP contribution in [-0.2, 0) is 0 Å². The number of oxazole rings is 1. The first-order valence-electron chi connectivity index (χ1n) is 3.06. The SMILES string of the molecule is Cc1cnc(C(=O)CC#N)o1. The minimum Gasteiger partial charge on any atom is -0.439 e. The number of carbonyl (C=O) groups is 1. The van der Waals surface area contributed by atoms with Crippen molar-refractivity contribution in [2.24, 2.45) is 0 Å². The molecule has 4 heteroatoms. The minimum atomic E-state index is -0.374. The van der Waals surface area contributed by atoms with Gasteiger partial charge in [0.05, 0.1) is 12.3 Å². The Bertz CT molecular complexity index is 308. The van der Waals surface area contributed by atoms with Gasteiger partial charge < -0.3 is 4.42 Å². The van der Waals surface area contributed by atoms with E-state index in [-0.39, 0.29) is 18.1 Å². The molecule has 0 atom stereocenters. The van der Waals surface area contributed by atoms with E-state index in [4.69, 9.17) is 9.68 Å². The number of carbonyl (C=O) groups excluding carboxylic acids is 1. The van der Waals surface area contributed by atoms with Crippen molar-refractivity contribution in [1.82, 2.24) is 4.98 Å². The molecule has 0 aromatic carbocycles. The number of nitriles is 1. The van der Waals surface area contributed by atoms with Crippen molar-refractivity contribution < 1.29 is 9.21 Å². The lowest BCUT2D eigenvalue weighted by Gasteiger charge is -1.84. The summed E-state index contributed by atoms with van der Waals surface area (Å²) in [5.74, 6) is 0.218. The van der Waals surface area contributed by atoms with E-state index in [1.807, 2.05) is 0 Å². The maximum absolute atomic E-state index is 10.9. The average Bonchev–Trinajstić information content (AvgIpc) is 2.36. The van der Waals surface area contributed by atoms with Crippen LogP contribution in [0.3, 0.4) is 0 Å². The summed E-state index contributed by atoms with van der Waals surface area (Å²) in [5.41, 5.74) is 0. The van der Waals surface area contributed by atoms with Gasteiger partial charge in [-0.2, -0.15) is 5.26 Å². The van der Waals surface area contributed by atoms with Gasteiger partial charge in [-0.25, -0.2) is 4.98 Å². The molecule has 0 saturated heterocycles. The molecule has 0 unspecified atom stereocenters. The number of hydrogen-bond donors (Lipinski definition) is 0. The Morgan fingerprint density at radius 3 is 3.09 bits per heavy atom. The van der Waals surface area contributed by atoms with Crippen molar-refractivity contribution >= 4 is 5.78 Å². The second-order valence-corrected chi connectivity index (χ2v) is 2.03. The van der Waals surface area contributed by atoms with E-state index in [9.17, 15) is 4.79 Å². The highest BCUT2D eigenvalue weighted by molar-refractivity contribution is 5.93. The molecular formula is C7H6N2O2. The van der Waals surface area contributed by atoms with E-state index >= 15 is 0 Å². The predicted molar refractivity (Wildman–Crippen MR) is 35.8 cm³/mol. The van der Waals surface area contributed by atoms with Crippen molar-refractivity contribution in [3.8, 4) is 6.07 Å². The van der Waals surface area contributed by atoms with Crippen LogP contribution in [0.4, 0.5) is 0 Å². The highest BCUT2D eigenvalue weighted by Gasteiger charge is 2.10. The summed E-state index contributed by atoms with van der Waals surface area (Å²) >= 11 is 0. The fraction of sp³-hybridized carbons (Fsp3) is 0.286. The fourth-order valence-electron chi connectivity index (χ4n) is 0.631. The zero-order chi connectivity index (χ0) is 8.27. The van der Waals surface area contributed by atoms with Crippen LogP contribution < -0.4 is 0 Å². The van der Waals surface area contributed by atoms with Crippen LogP contribution in [0.25, 0.3) is 0 Å². The summed E-state index contributed by atoms with van der Waals surface area (Å²) in [6, 6.07) is 1.73. The van der Waals surface area contributed by atoms with Gasteiger partial charge in [-0.05, 0) is 6.92 Å². The van der Waals surface area contributed by atoms with Gasteiger partial charge in [0.1, 0.15) is 12.2 Å². The molecule has 0 N–H and O–H groups in total. The first-order chi connectivity index (χ1) is 5.24. The van der Waals surface area contributed by atoms with Gasteiger partial charge in [-0.1, -0.05) is 0 Å². The Balaban J connectivity index is 2.78. The average molecular weight is 150 g/mol. The monoisotopic (exact) mass is 150 g/mol. The summed E-state index contributed by atoms with van der Waals surface area (Å²) in [7, 11) is 0. The Hall–Kier alpha value is -1.63. The molecule has 0 bridgehead atoms. The van der Waals surface area contributed by atoms with E-state index < -0.39 is 0 Å². The third-order valence-electron chi connectivity index (χ3n) is 1.10. The van der Waals surface area contributed by atoms with Crippen LogP contribution in [-0.4, -0.2) is 10.8 Å². The molecule has 0 fully saturated rings. The van der Waals surface area contributed by atoms with Gasteiger partial charge in [0, 0.05) is 0 Å². The molecule has 11 heavy (non-hydrogen) atoms. The molecule has 1 rings (SSSR count). The Morgan fingerprint density at radius 2 is 2.64 bits per heavy atom. The van der Waals surface area contributed by atoms with Crippen LogP contribution in [0.2, 0.25) is 0 Å². The van der Waals surface area contributed by atoms with Gasteiger partial charge >= 0.3 is 0 Å². The van der Waals surface area contributed by atoms with Gasteiger partial charge in [0.2, 0.25) is 5.78 Å². The quantitative estimate of drug-likeness (QED) is 0.591. The summed E-state index contributed by atoms with van der Waals surface area (Å²) < 4.78 is 4.89. The predicted octanol–water partition coefficient (Wildman–Crippen LogP) is 1.08. The van der Waals surface area contributed by atoms with Gasteiger partial charge in [-0.3, -0.25) is 4.79 Å². The summed E-state index contributed by atoms with van der Waals surface area (Å²) in [6.07, 6.45) is 1.27. The summed E-state index contributed by atoms with van der Waals surface area (Å²) in [4.78, 5) is 14.5. The van der Waals surface area contributed by atoms with Crippen LogP contribution in [0.5, 0.6) is 0 Å². The third-order valence-corrected chi connectivity index (χ3v) is 1.10. The van der Waals surface area contributed by atoms with Crippen molar-refractivity contribution in [2.45, 2.75) is 13.3 Å². The number of aromatic nitrogens is 1. The molecule has 0 spiro atoms. The number of nitrogens with zero attached hydrogens (tertiary/aromatic N) is 2. The first kappa shape index (κ1) is 7.48. The van der Waals surface area contributed by atoms with Gasteiger partial charge in [-0.15, -0.1) is 0 Å². The zero-order valence-electron chi connectivity index (χ0n) is 6.00. The molecule has 56 valence electrons. The third kappa shape index (κ3) is 1.64. The molecule has 0 saturated carbocycles. The van der Waals surface area contributed by atoms with E-state index in [1.54, 1.807) is 13.0 Å². The molecule has 1 heterocycles. The van der Waals surface area contributed by atoms with Crippen molar-refractivity contribution in [3.63, 3.8) is 0 Å². The van der Waals surface area contributed by atoms with Crippen molar-refractivity contribution in [3.05, 3.63) is 17.8 Å². The van der Waals surface area contributed by atoms with E-state index in [1.165, 1.54) is 6.20 Å². The maximum Gasteiger partial charge on any atom is 0.264 e. The lowest BCUT2D eigenvalue weighted by Crippen LogP contribution is -1.96. The highest BCUT2D eigenvalue weighted by atomic mass is 16.4. The number of ketones is 1. The lowest BCUT2D eigenvalue weighted by molar-refractivity contribution is 0.0963. The molecule has 0 aliphatic heterocycles. The molecule has 0 radical (unpaired) electrons. The fourth-order valence-corrected chi connectivity index (χ4v) is 0.631. The smallest absolute Gasteiger partial charge is 0.264 e. The normalized spacial score (nSPS) is 9.09. The van der Waals surface area contributed by atoms with Crippen molar-refractivity contribution in [2.75, 3.05) is 0 Å². The van der Waals surface area contributed by atoms with Crippen molar-refractivity contribution in [1.29, 1.82) is 5.26 Å². The molecule has 0 aliphatic rings. The van der Waals surface area contributed by atoms with E-state index in [0.29, 0.717) is 5.76 Å². The van der Waals surface area contributed by atoms with Gasteiger partial charge in [0.25, 0.3) is 5.89 Å². The van der Waals surface area contributed by atoms with E-state index in [0.717, 1.165) is 0 Å². The molecule has 1 aromatic heterocycles. The first-order valence-corrected chi connectivity index (χ1v) is 3.06. The second kappa shape index (κ2) is 2.97. The molecular weight excluding hydrogens is 144 g/mol. The van der Waals surface area contributed by atoms with Crippen LogP contribution in [0, 0.1) is 18.3 Å². The second-order valence-electron chi connectivity index (χ2n) is 2.03. The molecule has 1 aromatic rings. The van der Waals surface area contributed by atoms with E-state index in [2.05, 4.69) is 4.98 Å². The van der Waals surface area contributed by atoms with Crippen LogP contribution >= 0.6 is 0 Å². The highest BCUT2D eigenvalue weighted by Crippen LogP contribution is 2.03. The minimum absolute atomic E-state index is 0.0176. The number of aryl methyl sites for hydroxylation is 1. The Labute approximate surface area is 63.5 Å². The zero-order valence-corrected chi connectivity index (χ0v) is 6.00. The number of Topliss-reactive ketones (excluding diaryl/α,β-unsaturated/α-hetero) is 1. The molecule has 4 nitrogen and oxygen atoms in total. The number of hydrogen-bond acceptors (Lipinski definition) is 4. The van der Waals surface area contributed by atoms with Crippen LogP contribution in [0.1, 0.15) is 22.9 Å².